The van der Waals surface area contributed by atoms with Crippen LogP contribution in [0.1, 0.15) is 45.7 Å². The van der Waals surface area contributed by atoms with Crippen molar-refractivity contribution < 1.29 is 24.2 Å². The fraction of sp³-hybridized carbons (Fsp3) is 0.250. The monoisotopic (exact) mass is 405 g/mol. The molecule has 0 saturated carbocycles. The number of rotatable bonds is 6. The molecule has 0 bridgehead atoms. The second kappa shape index (κ2) is 7.71. The molecule has 0 fully saturated rings. The molecule has 0 saturated heterocycles. The highest BCUT2D eigenvalue weighted by molar-refractivity contribution is 6.17. The van der Waals surface area contributed by atoms with Gasteiger partial charge in [0.15, 0.2) is 0 Å². The molecule has 3 aromatic carbocycles. The third-order valence-corrected chi connectivity index (χ3v) is 5.31. The van der Waals surface area contributed by atoms with Crippen molar-refractivity contribution >= 4 is 28.3 Å². The van der Waals surface area contributed by atoms with Gasteiger partial charge in [0.05, 0.1) is 30.9 Å². The number of nitrogens with zero attached hydrogens (tertiary/aromatic N) is 1. The van der Waals surface area contributed by atoms with Crippen molar-refractivity contribution in [1.82, 2.24) is 0 Å². The zero-order valence-corrected chi connectivity index (χ0v) is 17.2. The van der Waals surface area contributed by atoms with E-state index in [1.807, 2.05) is 38.1 Å². The summed E-state index contributed by atoms with van der Waals surface area (Å²) in [6.07, 6.45) is 0. The third-order valence-electron chi connectivity index (χ3n) is 5.31. The van der Waals surface area contributed by atoms with E-state index in [0.29, 0.717) is 42.5 Å². The fourth-order valence-electron chi connectivity index (χ4n) is 4.06. The summed E-state index contributed by atoms with van der Waals surface area (Å²) in [5.41, 5.74) is 2.90. The first-order chi connectivity index (χ1) is 14.5. The number of hydrogen-bond acceptors (Lipinski definition) is 4. The van der Waals surface area contributed by atoms with Crippen molar-refractivity contribution in [2.75, 3.05) is 18.1 Å². The van der Waals surface area contributed by atoms with E-state index in [9.17, 15) is 14.7 Å². The summed E-state index contributed by atoms with van der Waals surface area (Å²) in [5, 5.41) is 11.0. The van der Waals surface area contributed by atoms with Crippen molar-refractivity contribution in [3.05, 3.63) is 64.7 Å². The van der Waals surface area contributed by atoms with E-state index in [2.05, 4.69) is 0 Å². The number of fused-ring (bicyclic) bond motifs is 2. The van der Waals surface area contributed by atoms with Crippen molar-refractivity contribution in [1.29, 1.82) is 0 Å². The Morgan fingerprint density at radius 2 is 1.67 bits per heavy atom. The highest BCUT2D eigenvalue weighted by atomic mass is 16.5. The van der Waals surface area contributed by atoms with E-state index in [0.717, 1.165) is 21.9 Å². The number of carbonyl (C=O) groups is 2. The quantitative estimate of drug-likeness (QED) is 0.637. The van der Waals surface area contributed by atoms with Gasteiger partial charge in [-0.15, -0.1) is 0 Å². The summed E-state index contributed by atoms with van der Waals surface area (Å²) in [4.78, 5) is 26.5. The van der Waals surface area contributed by atoms with Crippen LogP contribution in [0.15, 0.2) is 42.5 Å². The second-order valence-electron chi connectivity index (χ2n) is 7.12. The van der Waals surface area contributed by atoms with Crippen LogP contribution in [0.4, 0.5) is 5.69 Å². The first kappa shape index (κ1) is 19.8. The van der Waals surface area contributed by atoms with Crippen LogP contribution in [0.25, 0.3) is 10.8 Å². The molecule has 3 aromatic rings. The van der Waals surface area contributed by atoms with Crippen LogP contribution in [0.3, 0.4) is 0 Å². The second-order valence-corrected chi connectivity index (χ2v) is 7.12. The lowest BCUT2D eigenvalue weighted by Crippen LogP contribution is -2.24. The molecule has 4 rings (SSSR count). The van der Waals surface area contributed by atoms with Gasteiger partial charge in [0.2, 0.25) is 0 Å². The van der Waals surface area contributed by atoms with Crippen LogP contribution in [-0.2, 0) is 6.54 Å². The maximum Gasteiger partial charge on any atom is 0.335 e. The Morgan fingerprint density at radius 1 is 1.03 bits per heavy atom. The molecule has 1 aliphatic rings. The zero-order chi connectivity index (χ0) is 21.4. The molecule has 6 heteroatoms. The van der Waals surface area contributed by atoms with Gasteiger partial charge in [0.1, 0.15) is 11.5 Å². The Balaban J connectivity index is 1.92. The van der Waals surface area contributed by atoms with Crippen LogP contribution in [0.2, 0.25) is 0 Å². The van der Waals surface area contributed by atoms with Gasteiger partial charge in [-0.05, 0) is 44.5 Å². The number of hydrogen-bond donors (Lipinski definition) is 1. The third kappa shape index (κ3) is 3.05. The lowest BCUT2D eigenvalue weighted by Gasteiger charge is -2.19. The van der Waals surface area contributed by atoms with Crippen molar-refractivity contribution in [2.45, 2.75) is 27.3 Å². The highest BCUT2D eigenvalue weighted by Crippen LogP contribution is 2.46. The topological polar surface area (TPSA) is 76.1 Å². The van der Waals surface area contributed by atoms with Gasteiger partial charge in [0.25, 0.3) is 5.91 Å². The Bertz CT molecular complexity index is 1170. The maximum absolute atomic E-state index is 13.5. The Labute approximate surface area is 174 Å². The van der Waals surface area contributed by atoms with E-state index in [1.54, 1.807) is 24.0 Å². The number of carboxylic acid groups (broad SMARTS) is 1. The summed E-state index contributed by atoms with van der Waals surface area (Å²) in [7, 11) is 0. The van der Waals surface area contributed by atoms with Crippen LogP contribution in [-0.4, -0.2) is 30.2 Å². The molecule has 0 radical (unpaired) electrons. The molecular weight excluding hydrogens is 382 g/mol. The van der Waals surface area contributed by atoms with Gasteiger partial charge >= 0.3 is 5.97 Å². The predicted molar refractivity (Wildman–Crippen MR) is 115 cm³/mol. The number of carboxylic acids is 1. The summed E-state index contributed by atoms with van der Waals surface area (Å²) >= 11 is 0. The van der Waals surface area contributed by atoms with Crippen LogP contribution in [0, 0.1) is 6.92 Å². The molecule has 0 unspecified atom stereocenters. The van der Waals surface area contributed by atoms with E-state index < -0.39 is 5.97 Å². The lowest BCUT2D eigenvalue weighted by molar-refractivity contribution is 0.0696. The first-order valence-corrected chi connectivity index (χ1v) is 9.96. The van der Waals surface area contributed by atoms with Crippen molar-refractivity contribution in [3.63, 3.8) is 0 Å². The van der Waals surface area contributed by atoms with Gasteiger partial charge in [-0.3, -0.25) is 4.79 Å². The molecule has 154 valence electrons. The first-order valence-electron chi connectivity index (χ1n) is 9.96. The number of aromatic carboxylic acids is 1. The average molecular weight is 405 g/mol. The Hall–Kier alpha value is -3.54. The smallest absolute Gasteiger partial charge is 0.335 e. The minimum Gasteiger partial charge on any atom is -0.493 e. The van der Waals surface area contributed by atoms with Crippen molar-refractivity contribution in [3.8, 4) is 11.5 Å². The van der Waals surface area contributed by atoms with Crippen LogP contribution in [0.5, 0.6) is 11.5 Å². The lowest BCUT2D eigenvalue weighted by atomic mass is 9.99. The van der Waals surface area contributed by atoms with E-state index in [-0.39, 0.29) is 11.5 Å². The maximum atomic E-state index is 13.5. The minimum atomic E-state index is -0.996. The predicted octanol–water partition coefficient (Wildman–Crippen LogP) is 4.80. The van der Waals surface area contributed by atoms with Gasteiger partial charge in [-0.25, -0.2) is 4.79 Å². The Morgan fingerprint density at radius 3 is 2.27 bits per heavy atom. The number of aryl methyl sites for hydroxylation is 1. The number of anilines is 1. The SMILES string of the molecule is CCOc1c2c(c(OCC)c3ccccc13)C(=O)N(c1ccc(C(=O)O)cc1C)C2. The number of ether oxygens (including phenoxy) is 2. The fourth-order valence-corrected chi connectivity index (χ4v) is 4.06. The molecule has 1 heterocycles. The van der Waals surface area contributed by atoms with E-state index in [1.165, 1.54) is 6.07 Å². The summed E-state index contributed by atoms with van der Waals surface area (Å²) in [6, 6.07) is 12.6. The molecule has 1 aliphatic heterocycles. The van der Waals surface area contributed by atoms with Crippen LogP contribution >= 0.6 is 0 Å². The summed E-state index contributed by atoms with van der Waals surface area (Å²) in [6.45, 7) is 6.86. The summed E-state index contributed by atoms with van der Waals surface area (Å²) < 4.78 is 11.9. The normalized spacial score (nSPS) is 12.9. The molecule has 1 amide bonds. The molecular formula is C24H23NO5. The Kier molecular flexibility index (Phi) is 5.08. The highest BCUT2D eigenvalue weighted by Gasteiger charge is 2.37. The van der Waals surface area contributed by atoms with Gasteiger partial charge in [-0.2, -0.15) is 0 Å². The molecule has 1 N–H and O–H groups in total. The molecule has 0 aromatic heterocycles. The number of amides is 1. The van der Waals surface area contributed by atoms with E-state index in [4.69, 9.17) is 9.47 Å². The molecule has 30 heavy (non-hydrogen) atoms. The number of carbonyl (C=O) groups excluding carboxylic acids is 1. The van der Waals surface area contributed by atoms with E-state index >= 15 is 0 Å². The van der Waals surface area contributed by atoms with Crippen molar-refractivity contribution in [2.24, 2.45) is 0 Å². The molecule has 6 nitrogen and oxygen atoms in total. The molecule has 0 spiro atoms. The molecule has 0 aliphatic carbocycles. The number of benzene rings is 3. The van der Waals surface area contributed by atoms with Gasteiger partial charge in [-0.1, -0.05) is 24.3 Å². The largest absolute Gasteiger partial charge is 0.493 e. The average Bonchev–Trinajstić information content (AvgIpc) is 3.07. The summed E-state index contributed by atoms with van der Waals surface area (Å²) in [5.74, 6) is 0.0941. The standard InChI is InChI=1S/C24H23NO5/c1-4-29-21-16-8-6-7-9-17(16)22(30-5-2)20-18(21)13-25(23(20)26)19-11-10-15(24(27)28)12-14(19)3/h6-12H,4-5,13H2,1-3H3,(H,27,28). The van der Waals surface area contributed by atoms with Gasteiger partial charge < -0.3 is 19.5 Å². The molecule has 0 atom stereocenters. The zero-order valence-electron chi connectivity index (χ0n) is 17.2. The minimum absolute atomic E-state index is 0.175. The van der Waals surface area contributed by atoms with Crippen LogP contribution < -0.4 is 14.4 Å². The van der Waals surface area contributed by atoms with Gasteiger partial charge in [0, 0.05) is 22.0 Å².